The third kappa shape index (κ3) is 1.80. The molecule has 5 nitrogen and oxygen atoms in total. The number of esters is 1. The zero-order valence-corrected chi connectivity index (χ0v) is 15.8. The second-order valence-corrected chi connectivity index (χ2v) is 8.25. The highest BCUT2D eigenvalue weighted by Crippen LogP contribution is 2.69. The van der Waals surface area contributed by atoms with Crippen molar-refractivity contribution in [3.63, 3.8) is 0 Å². The summed E-state index contributed by atoms with van der Waals surface area (Å²) < 4.78 is 11.6. The maximum Gasteiger partial charge on any atom is 0.310 e. The molecule has 2 fully saturated rings. The summed E-state index contributed by atoms with van der Waals surface area (Å²) in [6.45, 7) is 3.50. The van der Waals surface area contributed by atoms with E-state index < -0.39 is 16.7 Å². The molecule has 5 atom stereocenters. The molecule has 0 aromatic heterocycles. The minimum atomic E-state index is -0.917. The molecule has 2 bridgehead atoms. The van der Waals surface area contributed by atoms with E-state index in [1.807, 2.05) is 29.2 Å². The number of piperidine rings is 1. The number of hydrogen-bond acceptors (Lipinski definition) is 4. The topological polar surface area (TPSA) is 55.8 Å². The molecule has 5 heteroatoms. The Morgan fingerprint density at radius 2 is 2.19 bits per heavy atom. The van der Waals surface area contributed by atoms with Crippen LogP contribution in [0, 0.1) is 17.3 Å². The van der Waals surface area contributed by atoms with E-state index in [9.17, 15) is 9.59 Å². The van der Waals surface area contributed by atoms with Crippen molar-refractivity contribution >= 4 is 11.9 Å². The number of rotatable bonds is 3. The van der Waals surface area contributed by atoms with Crippen LogP contribution in [0.4, 0.5) is 0 Å². The highest BCUT2D eigenvalue weighted by atomic mass is 16.5. The molecule has 5 unspecified atom stereocenters. The summed E-state index contributed by atoms with van der Waals surface area (Å²) in [5.41, 5.74) is -0.316. The number of carbonyl (C=O) groups excluding carboxylic acids is 2. The van der Waals surface area contributed by atoms with Crippen LogP contribution in [-0.2, 0) is 19.7 Å². The van der Waals surface area contributed by atoms with Crippen LogP contribution in [0.3, 0.4) is 0 Å². The van der Waals surface area contributed by atoms with Gasteiger partial charge in [0.2, 0.25) is 5.91 Å². The van der Waals surface area contributed by atoms with Crippen LogP contribution < -0.4 is 4.74 Å². The van der Waals surface area contributed by atoms with Gasteiger partial charge in [0.1, 0.15) is 11.9 Å². The fraction of sp³-hybridized carbons (Fsp3) is 0.545. The van der Waals surface area contributed by atoms with E-state index in [4.69, 9.17) is 9.47 Å². The minimum absolute atomic E-state index is 0.0608. The molecule has 2 aliphatic heterocycles. The van der Waals surface area contributed by atoms with Gasteiger partial charge in [0.15, 0.2) is 0 Å². The second-order valence-electron chi connectivity index (χ2n) is 8.25. The van der Waals surface area contributed by atoms with Crippen LogP contribution in [0.15, 0.2) is 36.4 Å². The number of carbonyl (C=O) groups is 2. The molecule has 0 N–H and O–H groups in total. The summed E-state index contributed by atoms with van der Waals surface area (Å²) in [7, 11) is 1.42. The van der Waals surface area contributed by atoms with E-state index >= 15 is 0 Å². The third-order valence-corrected chi connectivity index (χ3v) is 7.29. The first-order chi connectivity index (χ1) is 13.1. The largest absolute Gasteiger partial charge is 0.489 e. The maximum atomic E-state index is 13.9. The van der Waals surface area contributed by atoms with Gasteiger partial charge in [-0.2, -0.15) is 0 Å². The minimum Gasteiger partial charge on any atom is -0.489 e. The van der Waals surface area contributed by atoms with Gasteiger partial charge in [0.05, 0.1) is 23.9 Å². The highest BCUT2D eigenvalue weighted by molar-refractivity contribution is 5.95. The standard InChI is InChI=1S/C22H25NO4/c1-3-11-23-12-10-21-15-6-4-5-7-17(15)27-18(21)14-8-9-22(21,20(23)25)16(13-14)19(24)26-2/h4-9,14,16,18H,3,10-13H2,1-2H3. The van der Waals surface area contributed by atoms with Gasteiger partial charge in [-0.25, -0.2) is 0 Å². The Labute approximate surface area is 159 Å². The summed E-state index contributed by atoms with van der Waals surface area (Å²) in [5.74, 6) is 0.302. The SMILES string of the molecule is CCCN1CCC23c4ccccc4OC2C2C=CC3(C1=O)C(C(=O)OC)C2. The smallest absolute Gasteiger partial charge is 0.310 e. The molecule has 2 spiro atoms. The van der Waals surface area contributed by atoms with E-state index in [1.165, 1.54) is 7.11 Å². The van der Waals surface area contributed by atoms with Crippen molar-refractivity contribution < 1.29 is 19.1 Å². The summed E-state index contributed by atoms with van der Waals surface area (Å²) in [6, 6.07) is 8.06. The van der Waals surface area contributed by atoms with Gasteiger partial charge in [-0.15, -0.1) is 0 Å². The quantitative estimate of drug-likeness (QED) is 0.609. The van der Waals surface area contributed by atoms with Crippen molar-refractivity contribution in [1.29, 1.82) is 0 Å². The molecule has 1 saturated carbocycles. The van der Waals surface area contributed by atoms with Gasteiger partial charge in [-0.1, -0.05) is 37.3 Å². The van der Waals surface area contributed by atoms with Crippen molar-refractivity contribution in [2.24, 2.45) is 17.3 Å². The molecule has 3 aliphatic carbocycles. The van der Waals surface area contributed by atoms with Crippen molar-refractivity contribution in [2.75, 3.05) is 20.2 Å². The monoisotopic (exact) mass is 367 g/mol. The third-order valence-electron chi connectivity index (χ3n) is 7.29. The van der Waals surface area contributed by atoms with Crippen LogP contribution >= 0.6 is 0 Å². The molecule has 2 heterocycles. The maximum absolute atomic E-state index is 13.9. The van der Waals surface area contributed by atoms with Crippen molar-refractivity contribution in [3.8, 4) is 5.75 Å². The van der Waals surface area contributed by atoms with Gasteiger partial charge in [0, 0.05) is 24.6 Å². The molecule has 1 aromatic rings. The lowest BCUT2D eigenvalue weighted by molar-refractivity contribution is -0.182. The normalized spacial score (nSPS) is 38.1. The first-order valence-electron chi connectivity index (χ1n) is 9.93. The summed E-state index contributed by atoms with van der Waals surface area (Å²) in [6.07, 6.45) is 6.38. The highest BCUT2D eigenvalue weighted by Gasteiger charge is 2.75. The van der Waals surface area contributed by atoms with Gasteiger partial charge in [-0.3, -0.25) is 9.59 Å². The Bertz CT molecular complexity index is 848. The van der Waals surface area contributed by atoms with E-state index in [0.717, 1.165) is 30.7 Å². The molecule has 5 aliphatic rings. The molecular weight excluding hydrogens is 342 g/mol. The van der Waals surface area contributed by atoms with E-state index in [0.29, 0.717) is 13.0 Å². The van der Waals surface area contributed by atoms with Crippen molar-refractivity contribution in [3.05, 3.63) is 42.0 Å². The number of para-hydroxylation sites is 1. The van der Waals surface area contributed by atoms with E-state index in [2.05, 4.69) is 19.1 Å². The zero-order valence-electron chi connectivity index (χ0n) is 15.8. The van der Waals surface area contributed by atoms with E-state index in [-0.39, 0.29) is 23.9 Å². The zero-order chi connectivity index (χ0) is 18.8. The van der Waals surface area contributed by atoms with Crippen LogP contribution in [0.25, 0.3) is 0 Å². The Morgan fingerprint density at radius 3 is 2.96 bits per heavy atom. The second kappa shape index (κ2) is 5.60. The summed E-state index contributed by atoms with van der Waals surface area (Å²) in [4.78, 5) is 28.7. The van der Waals surface area contributed by atoms with Gasteiger partial charge >= 0.3 is 5.97 Å². The molecule has 142 valence electrons. The molecule has 1 saturated heterocycles. The Hall–Kier alpha value is -2.30. The number of fused-ring (bicyclic) bond motifs is 2. The van der Waals surface area contributed by atoms with Gasteiger partial charge < -0.3 is 14.4 Å². The summed E-state index contributed by atoms with van der Waals surface area (Å²) >= 11 is 0. The number of likely N-dealkylation sites (tertiary alicyclic amines) is 1. The molecule has 0 radical (unpaired) electrons. The predicted octanol–water partition coefficient (Wildman–Crippen LogP) is 2.69. The first kappa shape index (κ1) is 16.8. The summed E-state index contributed by atoms with van der Waals surface area (Å²) in [5, 5.41) is 0. The predicted molar refractivity (Wildman–Crippen MR) is 99.2 cm³/mol. The molecular formula is C22H25NO4. The number of benzene rings is 1. The molecule has 1 aromatic carbocycles. The lowest BCUT2D eigenvalue weighted by atomic mass is 9.41. The number of nitrogens with zero attached hydrogens (tertiary/aromatic N) is 1. The molecule has 1 amide bonds. The number of methoxy groups -OCH3 is 1. The fourth-order valence-corrected chi connectivity index (χ4v) is 6.33. The van der Waals surface area contributed by atoms with Crippen LogP contribution in [0.2, 0.25) is 0 Å². The van der Waals surface area contributed by atoms with Crippen molar-refractivity contribution in [1.82, 2.24) is 4.90 Å². The number of ether oxygens (including phenoxy) is 2. The lowest BCUT2D eigenvalue weighted by Gasteiger charge is -2.62. The Balaban J connectivity index is 1.77. The van der Waals surface area contributed by atoms with E-state index in [1.54, 1.807) is 0 Å². The van der Waals surface area contributed by atoms with Crippen molar-refractivity contribution in [2.45, 2.75) is 37.7 Å². The van der Waals surface area contributed by atoms with Gasteiger partial charge in [-0.05, 0) is 25.3 Å². The van der Waals surface area contributed by atoms with Crippen LogP contribution in [0.1, 0.15) is 31.7 Å². The Kier molecular flexibility index (Phi) is 3.49. The Morgan fingerprint density at radius 1 is 1.37 bits per heavy atom. The fourth-order valence-electron chi connectivity index (χ4n) is 6.33. The average Bonchev–Trinajstić information content (AvgIpc) is 3.06. The van der Waals surface area contributed by atoms with Crippen LogP contribution in [0.5, 0.6) is 5.75 Å². The lowest BCUT2D eigenvalue weighted by Crippen LogP contribution is -2.73. The molecule has 6 rings (SSSR count). The molecule has 27 heavy (non-hydrogen) atoms. The number of amides is 1. The van der Waals surface area contributed by atoms with Crippen LogP contribution in [-0.4, -0.2) is 43.1 Å². The first-order valence-corrected chi connectivity index (χ1v) is 9.93. The number of hydrogen-bond donors (Lipinski definition) is 0. The van der Waals surface area contributed by atoms with Gasteiger partial charge in [0.25, 0.3) is 0 Å². The average molecular weight is 367 g/mol.